The minimum atomic E-state index is -3.15. The molecule has 0 fully saturated rings. The van der Waals surface area contributed by atoms with E-state index in [0.29, 0.717) is 25.1 Å². The van der Waals surface area contributed by atoms with Gasteiger partial charge < -0.3 is 5.32 Å². The van der Waals surface area contributed by atoms with Crippen molar-refractivity contribution in [3.63, 3.8) is 0 Å². The maximum Gasteiger partial charge on any atom is 0.251 e. The molecule has 0 heterocycles. The first-order valence-electron chi connectivity index (χ1n) is 5.68. The molecule has 6 heteroatoms. The summed E-state index contributed by atoms with van der Waals surface area (Å²) in [5.41, 5.74) is 1.65. The number of hydrogen-bond donors (Lipinski definition) is 2. The van der Waals surface area contributed by atoms with E-state index in [-0.39, 0.29) is 5.91 Å². The van der Waals surface area contributed by atoms with Gasteiger partial charge in [0.05, 0.1) is 6.26 Å². The Kier molecular flexibility index (Phi) is 5.30. The normalized spacial score (nSPS) is 11.2. The zero-order chi connectivity index (χ0) is 13.6. The number of sulfonamides is 1. The van der Waals surface area contributed by atoms with Gasteiger partial charge in [-0.2, -0.15) is 0 Å². The fourth-order valence-corrected chi connectivity index (χ4v) is 1.95. The fourth-order valence-electron chi connectivity index (χ4n) is 1.44. The number of nitrogens with one attached hydrogen (secondary N) is 2. The largest absolute Gasteiger partial charge is 0.352 e. The third-order valence-corrected chi connectivity index (χ3v) is 3.01. The Hall–Kier alpha value is -1.40. The van der Waals surface area contributed by atoms with Crippen molar-refractivity contribution in [2.75, 3.05) is 19.3 Å². The first kappa shape index (κ1) is 14.7. The molecule has 2 N–H and O–H groups in total. The molecule has 0 bridgehead atoms. The van der Waals surface area contributed by atoms with Crippen LogP contribution < -0.4 is 10.0 Å². The molecule has 1 aromatic carbocycles. The van der Waals surface area contributed by atoms with E-state index in [1.807, 2.05) is 25.1 Å². The molecular formula is C12H18N2O3S. The van der Waals surface area contributed by atoms with Crippen molar-refractivity contribution in [2.45, 2.75) is 13.3 Å². The second-order valence-electron chi connectivity index (χ2n) is 4.15. The number of benzene rings is 1. The summed E-state index contributed by atoms with van der Waals surface area (Å²) < 4.78 is 23.9. The van der Waals surface area contributed by atoms with Crippen molar-refractivity contribution in [1.29, 1.82) is 0 Å². The van der Waals surface area contributed by atoms with Gasteiger partial charge in [0.25, 0.3) is 5.91 Å². The molecule has 1 amide bonds. The van der Waals surface area contributed by atoms with Gasteiger partial charge in [0.15, 0.2) is 0 Å². The highest BCUT2D eigenvalue weighted by Gasteiger charge is 2.04. The number of aryl methyl sites for hydroxylation is 1. The Morgan fingerprint density at radius 1 is 1.28 bits per heavy atom. The smallest absolute Gasteiger partial charge is 0.251 e. The average molecular weight is 270 g/mol. The quantitative estimate of drug-likeness (QED) is 0.746. The summed E-state index contributed by atoms with van der Waals surface area (Å²) in [6.45, 7) is 2.69. The van der Waals surface area contributed by atoms with Crippen molar-refractivity contribution in [3.8, 4) is 0 Å². The number of rotatable bonds is 6. The molecule has 1 rings (SSSR count). The van der Waals surface area contributed by atoms with Gasteiger partial charge >= 0.3 is 0 Å². The first-order valence-corrected chi connectivity index (χ1v) is 7.57. The summed E-state index contributed by atoms with van der Waals surface area (Å²) >= 11 is 0. The highest BCUT2D eigenvalue weighted by Crippen LogP contribution is 2.03. The Morgan fingerprint density at radius 2 is 2.00 bits per heavy atom. The van der Waals surface area contributed by atoms with E-state index in [1.165, 1.54) is 0 Å². The SMILES string of the molecule is Cc1cccc(C(=O)NCCCNS(C)(=O)=O)c1. The topological polar surface area (TPSA) is 75.3 Å². The van der Waals surface area contributed by atoms with Gasteiger partial charge in [-0.1, -0.05) is 17.7 Å². The monoisotopic (exact) mass is 270 g/mol. The highest BCUT2D eigenvalue weighted by atomic mass is 32.2. The molecule has 0 radical (unpaired) electrons. The second-order valence-corrected chi connectivity index (χ2v) is 5.98. The van der Waals surface area contributed by atoms with Crippen LogP contribution in [0.2, 0.25) is 0 Å². The maximum absolute atomic E-state index is 11.7. The van der Waals surface area contributed by atoms with Gasteiger partial charge in [-0.15, -0.1) is 0 Å². The van der Waals surface area contributed by atoms with Gasteiger partial charge in [-0.3, -0.25) is 4.79 Å². The van der Waals surface area contributed by atoms with E-state index in [2.05, 4.69) is 10.0 Å². The molecule has 0 saturated carbocycles. The lowest BCUT2D eigenvalue weighted by Gasteiger charge is -2.06. The van der Waals surface area contributed by atoms with Gasteiger partial charge in [0.1, 0.15) is 0 Å². The molecule has 0 aliphatic rings. The van der Waals surface area contributed by atoms with Crippen LogP contribution in [0.4, 0.5) is 0 Å². The van der Waals surface area contributed by atoms with Crippen molar-refractivity contribution in [1.82, 2.24) is 10.0 Å². The van der Waals surface area contributed by atoms with E-state index in [4.69, 9.17) is 0 Å². The Morgan fingerprint density at radius 3 is 2.61 bits per heavy atom. The molecule has 1 aromatic rings. The number of amides is 1. The van der Waals surface area contributed by atoms with Crippen LogP contribution in [-0.2, 0) is 10.0 Å². The van der Waals surface area contributed by atoms with Crippen LogP contribution in [0.5, 0.6) is 0 Å². The standard InChI is InChI=1S/C12H18N2O3S/c1-10-5-3-6-11(9-10)12(15)13-7-4-8-14-18(2,16)17/h3,5-6,9,14H,4,7-8H2,1-2H3,(H,13,15). The summed E-state index contributed by atoms with van der Waals surface area (Å²) in [7, 11) is -3.15. The number of carbonyl (C=O) groups excluding carboxylic acids is 1. The van der Waals surface area contributed by atoms with Crippen molar-refractivity contribution >= 4 is 15.9 Å². The van der Waals surface area contributed by atoms with Crippen LogP contribution >= 0.6 is 0 Å². The highest BCUT2D eigenvalue weighted by molar-refractivity contribution is 7.88. The third kappa shape index (κ3) is 5.79. The summed E-state index contributed by atoms with van der Waals surface area (Å²) in [6.07, 6.45) is 1.67. The second kappa shape index (κ2) is 6.51. The fraction of sp³-hybridized carbons (Fsp3) is 0.417. The van der Waals surface area contributed by atoms with Crippen LogP contribution in [0.3, 0.4) is 0 Å². The maximum atomic E-state index is 11.7. The summed E-state index contributed by atoms with van der Waals surface area (Å²) in [6, 6.07) is 7.31. The average Bonchev–Trinajstić information content (AvgIpc) is 2.26. The minimum absolute atomic E-state index is 0.141. The van der Waals surface area contributed by atoms with E-state index < -0.39 is 10.0 Å². The van der Waals surface area contributed by atoms with Gasteiger partial charge in [-0.25, -0.2) is 13.1 Å². The Balaban J connectivity index is 2.30. The molecule has 18 heavy (non-hydrogen) atoms. The summed E-state index contributed by atoms with van der Waals surface area (Å²) in [5, 5.41) is 2.74. The predicted molar refractivity (Wildman–Crippen MR) is 71.0 cm³/mol. The lowest BCUT2D eigenvalue weighted by atomic mass is 10.1. The van der Waals surface area contributed by atoms with Crippen LogP contribution in [0.25, 0.3) is 0 Å². The zero-order valence-corrected chi connectivity index (χ0v) is 11.4. The van der Waals surface area contributed by atoms with E-state index in [9.17, 15) is 13.2 Å². The van der Waals surface area contributed by atoms with Gasteiger partial charge in [0.2, 0.25) is 10.0 Å². The third-order valence-electron chi connectivity index (χ3n) is 2.28. The van der Waals surface area contributed by atoms with Crippen LogP contribution in [0.1, 0.15) is 22.3 Å². The molecule has 0 atom stereocenters. The van der Waals surface area contributed by atoms with Crippen LogP contribution in [0.15, 0.2) is 24.3 Å². The predicted octanol–water partition coefficient (Wildman–Crippen LogP) is 0.664. The first-order chi connectivity index (χ1) is 8.38. The number of carbonyl (C=O) groups is 1. The molecule has 0 spiro atoms. The van der Waals surface area contributed by atoms with E-state index in [1.54, 1.807) is 6.07 Å². The van der Waals surface area contributed by atoms with E-state index in [0.717, 1.165) is 11.8 Å². The molecule has 0 aromatic heterocycles. The molecule has 0 unspecified atom stereocenters. The van der Waals surface area contributed by atoms with E-state index >= 15 is 0 Å². The lowest BCUT2D eigenvalue weighted by Crippen LogP contribution is -2.29. The molecule has 5 nitrogen and oxygen atoms in total. The van der Waals surface area contributed by atoms with Crippen molar-refractivity contribution < 1.29 is 13.2 Å². The van der Waals surface area contributed by atoms with Crippen molar-refractivity contribution in [2.24, 2.45) is 0 Å². The molecule has 0 saturated heterocycles. The molecule has 0 aliphatic heterocycles. The lowest BCUT2D eigenvalue weighted by molar-refractivity contribution is 0.0953. The zero-order valence-electron chi connectivity index (χ0n) is 10.6. The minimum Gasteiger partial charge on any atom is -0.352 e. The molecule has 100 valence electrons. The molecular weight excluding hydrogens is 252 g/mol. The Bertz CT molecular complexity index is 512. The van der Waals surface area contributed by atoms with Crippen LogP contribution in [-0.4, -0.2) is 33.7 Å². The Labute approximate surface area is 108 Å². The number of hydrogen-bond acceptors (Lipinski definition) is 3. The van der Waals surface area contributed by atoms with Gasteiger partial charge in [-0.05, 0) is 25.5 Å². The summed E-state index contributed by atoms with van der Waals surface area (Å²) in [4.78, 5) is 11.7. The van der Waals surface area contributed by atoms with Gasteiger partial charge in [0, 0.05) is 18.7 Å². The van der Waals surface area contributed by atoms with Crippen LogP contribution in [0, 0.1) is 6.92 Å². The molecule has 0 aliphatic carbocycles. The summed E-state index contributed by atoms with van der Waals surface area (Å²) in [5.74, 6) is -0.141. The van der Waals surface area contributed by atoms with Crippen molar-refractivity contribution in [3.05, 3.63) is 35.4 Å².